The highest BCUT2D eigenvalue weighted by Crippen LogP contribution is 2.42. The lowest BCUT2D eigenvalue weighted by Crippen LogP contribution is -2.07. The fraction of sp³-hybridized carbons (Fsp3) is 0.0500. The van der Waals surface area contributed by atoms with Crippen LogP contribution in [0.1, 0.15) is 6.92 Å². The molecule has 0 saturated carbocycles. The Labute approximate surface area is 152 Å². The van der Waals surface area contributed by atoms with Crippen LogP contribution in [0, 0.1) is 0 Å². The van der Waals surface area contributed by atoms with E-state index < -0.39 is 0 Å². The van der Waals surface area contributed by atoms with Gasteiger partial charge in [0.25, 0.3) is 0 Å². The Morgan fingerprint density at radius 1 is 1.04 bits per heavy atom. The summed E-state index contributed by atoms with van der Waals surface area (Å²) in [5, 5.41) is 15.1. The number of furan rings is 1. The van der Waals surface area contributed by atoms with Crippen LogP contribution in [0.15, 0.2) is 63.5 Å². The van der Waals surface area contributed by atoms with Crippen molar-refractivity contribution in [2.24, 2.45) is 0 Å². The van der Waals surface area contributed by atoms with Gasteiger partial charge in [0, 0.05) is 33.3 Å². The number of nitrogens with one attached hydrogen (secondary N) is 1. The molecule has 1 amide bonds. The van der Waals surface area contributed by atoms with Crippen molar-refractivity contribution in [2.45, 2.75) is 6.92 Å². The number of para-hydroxylation sites is 1. The fourth-order valence-electron chi connectivity index (χ4n) is 3.05. The maximum Gasteiger partial charge on any atom is 0.221 e. The molecule has 0 aliphatic heterocycles. The molecule has 5 heteroatoms. The van der Waals surface area contributed by atoms with Crippen LogP contribution < -0.4 is 5.32 Å². The van der Waals surface area contributed by atoms with Crippen LogP contribution in [-0.2, 0) is 4.79 Å². The number of carbonyl (C=O) groups is 1. The third-order valence-electron chi connectivity index (χ3n) is 4.10. The smallest absolute Gasteiger partial charge is 0.221 e. The molecule has 3 aromatic carbocycles. The largest absolute Gasteiger partial charge is 0.507 e. The number of halogens is 1. The van der Waals surface area contributed by atoms with E-state index in [1.54, 1.807) is 12.1 Å². The van der Waals surface area contributed by atoms with Gasteiger partial charge in [0.2, 0.25) is 5.91 Å². The highest BCUT2D eigenvalue weighted by atomic mass is 79.9. The number of hydrogen-bond donors (Lipinski definition) is 2. The van der Waals surface area contributed by atoms with Crippen LogP contribution in [-0.4, -0.2) is 11.0 Å². The number of fused-ring (bicyclic) bond motifs is 3. The number of amides is 1. The first-order chi connectivity index (χ1) is 12.0. The van der Waals surface area contributed by atoms with E-state index in [0.29, 0.717) is 22.4 Å². The zero-order chi connectivity index (χ0) is 17.6. The summed E-state index contributed by atoms with van der Waals surface area (Å²) in [7, 11) is 0. The molecular weight excluding hydrogens is 382 g/mol. The zero-order valence-electron chi connectivity index (χ0n) is 13.3. The van der Waals surface area contributed by atoms with Gasteiger partial charge in [-0.05, 0) is 30.3 Å². The highest BCUT2D eigenvalue weighted by molar-refractivity contribution is 9.10. The Balaban J connectivity index is 2.07. The topological polar surface area (TPSA) is 62.5 Å². The Morgan fingerprint density at radius 2 is 1.80 bits per heavy atom. The Kier molecular flexibility index (Phi) is 3.73. The normalized spacial score (nSPS) is 11.1. The second-order valence-electron chi connectivity index (χ2n) is 5.81. The van der Waals surface area contributed by atoms with E-state index in [0.717, 1.165) is 20.8 Å². The van der Waals surface area contributed by atoms with Crippen molar-refractivity contribution in [3.8, 4) is 16.9 Å². The molecule has 2 N–H and O–H groups in total. The maximum absolute atomic E-state index is 11.8. The lowest BCUT2D eigenvalue weighted by molar-refractivity contribution is -0.114. The minimum atomic E-state index is -0.203. The molecule has 0 atom stereocenters. The number of phenols is 1. The molecular formula is C20H14BrNO3. The third-order valence-corrected chi connectivity index (χ3v) is 4.59. The quantitative estimate of drug-likeness (QED) is 0.458. The Morgan fingerprint density at radius 3 is 2.56 bits per heavy atom. The van der Waals surface area contributed by atoms with Crippen LogP contribution in [0.2, 0.25) is 0 Å². The number of rotatable bonds is 2. The molecule has 0 spiro atoms. The summed E-state index contributed by atoms with van der Waals surface area (Å²) in [6.45, 7) is 1.45. The summed E-state index contributed by atoms with van der Waals surface area (Å²) < 4.78 is 6.78. The molecule has 1 heterocycles. The molecule has 0 radical (unpaired) electrons. The number of benzene rings is 3. The predicted octanol–water partition coefficient (Wildman–Crippen LogP) is 5.68. The minimum absolute atomic E-state index is 0.122. The standard InChI is InChI=1S/C20H14BrNO3/c1-11(23)22-19-15(13-7-6-12(21)10-17(13)24)8-9-16-14-4-2-3-5-18(14)25-20(16)19/h2-10,24H,1H3,(H,22,23). The van der Waals surface area contributed by atoms with Crippen LogP contribution in [0.3, 0.4) is 0 Å². The average molecular weight is 396 g/mol. The van der Waals surface area contributed by atoms with Crippen molar-refractivity contribution >= 4 is 49.5 Å². The Bertz CT molecular complexity index is 1130. The molecule has 4 nitrogen and oxygen atoms in total. The van der Waals surface area contributed by atoms with Crippen LogP contribution in [0.4, 0.5) is 5.69 Å². The zero-order valence-corrected chi connectivity index (χ0v) is 14.9. The van der Waals surface area contributed by atoms with E-state index in [4.69, 9.17) is 4.42 Å². The van der Waals surface area contributed by atoms with Crippen molar-refractivity contribution in [3.63, 3.8) is 0 Å². The number of hydrogen-bond acceptors (Lipinski definition) is 3. The molecule has 0 aliphatic rings. The lowest BCUT2D eigenvalue weighted by Gasteiger charge is -2.12. The molecule has 4 rings (SSSR count). The van der Waals surface area contributed by atoms with Gasteiger partial charge in [-0.15, -0.1) is 0 Å². The summed E-state index contributed by atoms with van der Waals surface area (Å²) in [6, 6.07) is 16.8. The fourth-order valence-corrected chi connectivity index (χ4v) is 3.40. The van der Waals surface area contributed by atoms with Gasteiger partial charge >= 0.3 is 0 Å². The SMILES string of the molecule is CC(=O)Nc1c(-c2ccc(Br)cc2O)ccc2c1oc1ccccc12. The van der Waals surface area contributed by atoms with Gasteiger partial charge in [-0.25, -0.2) is 0 Å². The molecule has 0 fully saturated rings. The molecule has 1 aromatic heterocycles. The van der Waals surface area contributed by atoms with Crippen molar-refractivity contribution in [3.05, 3.63) is 59.1 Å². The summed E-state index contributed by atoms with van der Waals surface area (Å²) >= 11 is 3.34. The molecule has 0 bridgehead atoms. The first kappa shape index (κ1) is 15.7. The third kappa shape index (κ3) is 2.66. The van der Waals surface area contributed by atoms with Gasteiger partial charge in [-0.3, -0.25) is 4.79 Å². The Hall–Kier alpha value is -2.79. The van der Waals surface area contributed by atoms with Crippen molar-refractivity contribution in [2.75, 3.05) is 5.32 Å². The number of phenolic OH excluding ortho intramolecular Hbond substituents is 1. The van der Waals surface area contributed by atoms with Crippen LogP contribution >= 0.6 is 15.9 Å². The molecule has 0 saturated heterocycles. The first-order valence-electron chi connectivity index (χ1n) is 7.75. The summed E-state index contributed by atoms with van der Waals surface area (Å²) in [4.78, 5) is 11.8. The van der Waals surface area contributed by atoms with Gasteiger partial charge in [-0.1, -0.05) is 40.2 Å². The van der Waals surface area contributed by atoms with Crippen molar-refractivity contribution in [1.82, 2.24) is 0 Å². The number of anilines is 1. The van der Waals surface area contributed by atoms with E-state index in [1.165, 1.54) is 6.92 Å². The van der Waals surface area contributed by atoms with Gasteiger partial charge < -0.3 is 14.8 Å². The van der Waals surface area contributed by atoms with Crippen molar-refractivity contribution < 1.29 is 14.3 Å². The molecule has 4 aromatic rings. The molecule has 25 heavy (non-hydrogen) atoms. The van der Waals surface area contributed by atoms with Gasteiger partial charge in [0.1, 0.15) is 11.3 Å². The van der Waals surface area contributed by atoms with E-state index in [2.05, 4.69) is 21.2 Å². The predicted molar refractivity (Wildman–Crippen MR) is 103 cm³/mol. The number of aromatic hydroxyl groups is 1. The van der Waals surface area contributed by atoms with E-state index in [9.17, 15) is 9.90 Å². The summed E-state index contributed by atoms with van der Waals surface area (Å²) in [5.74, 6) is -0.0813. The molecule has 124 valence electrons. The maximum atomic E-state index is 11.8. The average Bonchev–Trinajstić information content (AvgIpc) is 2.95. The monoisotopic (exact) mass is 395 g/mol. The second kappa shape index (κ2) is 5.93. The lowest BCUT2D eigenvalue weighted by atomic mass is 10.00. The second-order valence-corrected chi connectivity index (χ2v) is 6.72. The minimum Gasteiger partial charge on any atom is -0.507 e. The first-order valence-corrected chi connectivity index (χ1v) is 8.54. The van der Waals surface area contributed by atoms with E-state index in [1.807, 2.05) is 42.5 Å². The van der Waals surface area contributed by atoms with Gasteiger partial charge in [-0.2, -0.15) is 0 Å². The van der Waals surface area contributed by atoms with Crippen molar-refractivity contribution in [1.29, 1.82) is 0 Å². The van der Waals surface area contributed by atoms with E-state index >= 15 is 0 Å². The number of carbonyl (C=O) groups excluding carboxylic acids is 1. The van der Waals surface area contributed by atoms with Crippen LogP contribution in [0.5, 0.6) is 5.75 Å². The van der Waals surface area contributed by atoms with Gasteiger partial charge in [0.15, 0.2) is 5.58 Å². The van der Waals surface area contributed by atoms with Crippen LogP contribution in [0.25, 0.3) is 33.1 Å². The highest BCUT2D eigenvalue weighted by Gasteiger charge is 2.18. The summed E-state index contributed by atoms with van der Waals surface area (Å²) in [5.41, 5.74) is 3.22. The molecule has 0 unspecified atom stereocenters. The van der Waals surface area contributed by atoms with E-state index in [-0.39, 0.29) is 11.7 Å². The molecule has 0 aliphatic carbocycles. The van der Waals surface area contributed by atoms with Gasteiger partial charge in [0.05, 0.1) is 5.69 Å². The summed E-state index contributed by atoms with van der Waals surface area (Å²) in [6.07, 6.45) is 0.